The topological polar surface area (TPSA) is 67.4 Å². The van der Waals surface area contributed by atoms with Gasteiger partial charge in [-0.05, 0) is 84.4 Å². The molecule has 3 aromatic rings. The van der Waals surface area contributed by atoms with E-state index in [1.54, 1.807) is 0 Å². The molecule has 3 rings (SSSR count). The Morgan fingerprint density at radius 2 is 1.12 bits per heavy atom. The van der Waals surface area contributed by atoms with Gasteiger partial charge in [-0.2, -0.15) is 0 Å². The molecule has 0 saturated carbocycles. The molecule has 2 N–H and O–H groups in total. The smallest absolute Gasteiger partial charge is 0.408 e. The summed E-state index contributed by atoms with van der Waals surface area (Å²) in [7, 11) is -2.17. The van der Waals surface area contributed by atoms with E-state index in [4.69, 9.17) is 4.74 Å². The van der Waals surface area contributed by atoms with Gasteiger partial charge in [0.1, 0.15) is 11.6 Å². The van der Waals surface area contributed by atoms with Crippen LogP contribution in [0, 0.1) is 11.8 Å². The second kappa shape index (κ2) is 17.0. The highest BCUT2D eigenvalue weighted by molar-refractivity contribution is 7.88. The van der Waals surface area contributed by atoms with Crippen molar-refractivity contribution in [3.05, 3.63) is 95.6 Å². The number of hydrogen-bond donors (Lipinski definition) is 2. The van der Waals surface area contributed by atoms with E-state index in [1.807, 2.05) is 34.6 Å². The van der Waals surface area contributed by atoms with Gasteiger partial charge < -0.3 is 32.4 Å². The number of ether oxygens (including phenoxy) is 1. The van der Waals surface area contributed by atoms with Crippen LogP contribution in [0.4, 0.5) is 4.79 Å². The lowest BCUT2D eigenvalue weighted by Crippen LogP contribution is -3.00. The second-order valence-electron chi connectivity index (χ2n) is 17.1. The third kappa shape index (κ3) is 12.0. The average Bonchev–Trinajstić information content (AvgIpc) is 2.97. The summed E-state index contributed by atoms with van der Waals surface area (Å²) >= 11 is 0. The van der Waals surface area contributed by atoms with Gasteiger partial charge in [0.15, 0.2) is 0 Å². The van der Waals surface area contributed by atoms with Gasteiger partial charge in [-0.15, -0.1) is 0 Å². The Balaban J connectivity index is 0.00000833. The minimum absolute atomic E-state index is 0. The summed E-state index contributed by atoms with van der Waals surface area (Å²) in [6.45, 7) is 27.5. The number of halogens is 1. The second-order valence-corrected chi connectivity index (χ2v) is 20.8. The largest absolute Gasteiger partial charge is 1.00 e. The Labute approximate surface area is 308 Å². The van der Waals surface area contributed by atoms with E-state index in [2.05, 4.69) is 145 Å². The number of carbonyl (C=O) groups excluding carboxylic acids is 2. The fourth-order valence-electron chi connectivity index (χ4n) is 6.00. The highest BCUT2D eigenvalue weighted by Crippen LogP contribution is 2.60. The van der Waals surface area contributed by atoms with Gasteiger partial charge in [-0.25, -0.2) is 4.79 Å². The van der Waals surface area contributed by atoms with Crippen LogP contribution in [0.1, 0.15) is 107 Å². The summed E-state index contributed by atoms with van der Waals surface area (Å²) in [4.78, 5) is 26.8. The molecular weight excluding hydrogens is 691 g/mol. The number of amides is 2. The summed E-state index contributed by atoms with van der Waals surface area (Å²) in [5.41, 5.74) is 3.34. The van der Waals surface area contributed by atoms with Crippen LogP contribution in [0.15, 0.2) is 78.9 Å². The zero-order valence-electron chi connectivity index (χ0n) is 32.3. The predicted molar refractivity (Wildman–Crippen MR) is 206 cm³/mol. The molecule has 3 aromatic carbocycles. The van der Waals surface area contributed by atoms with E-state index >= 15 is 0 Å². The van der Waals surface area contributed by atoms with Crippen molar-refractivity contribution in [2.45, 2.75) is 125 Å². The van der Waals surface area contributed by atoms with Gasteiger partial charge in [0.2, 0.25) is 5.91 Å². The number of nitrogens with one attached hydrogen (secondary N) is 2. The Morgan fingerprint density at radius 1 is 0.673 bits per heavy atom. The molecule has 0 saturated heterocycles. The highest BCUT2D eigenvalue weighted by atomic mass is 79.9. The lowest BCUT2D eigenvalue weighted by atomic mass is 9.80. The number of hydrogen-bond acceptors (Lipinski definition) is 3. The van der Waals surface area contributed by atoms with E-state index in [-0.39, 0.29) is 51.6 Å². The molecule has 0 aliphatic heterocycles. The monoisotopic (exact) mass is 752 g/mol. The van der Waals surface area contributed by atoms with Crippen molar-refractivity contribution in [3.63, 3.8) is 0 Å². The lowest BCUT2D eigenvalue weighted by Gasteiger charge is -2.35. The molecule has 2 atom stereocenters. The first kappa shape index (κ1) is 42.5. The van der Waals surface area contributed by atoms with E-state index in [9.17, 15) is 9.59 Å². The number of rotatable bonds is 11. The maximum atomic E-state index is 14.1. The standard InChI is InChI=1S/C42H61N2O3P.BrH/c1-29(2)36(43-38(45)37(30(3)4)44-39(46)47-42(11,12)13)28-48(34-20-16-14-17-21-34,35-22-18-15-19-23-35)27-31-24-32(40(5,6)7)26-33(25-31)41(8,9)10;/h14-26,29-30,36-37H,27-28H2,1-13H3,(H-,43,44,45,46);1H/t36-,37?;/m1./s1. The molecule has 1 unspecified atom stereocenters. The van der Waals surface area contributed by atoms with Gasteiger partial charge in [0.25, 0.3) is 0 Å². The first-order valence-corrected chi connectivity index (χ1v) is 19.7. The normalized spacial score (nSPS) is 13.8. The van der Waals surface area contributed by atoms with Crippen molar-refractivity contribution in [1.82, 2.24) is 10.6 Å². The van der Waals surface area contributed by atoms with Crippen LogP contribution < -0.4 is 38.2 Å². The van der Waals surface area contributed by atoms with Crippen molar-refractivity contribution in [1.29, 1.82) is 0 Å². The summed E-state index contributed by atoms with van der Waals surface area (Å²) in [6, 6.07) is 28.2. The highest BCUT2D eigenvalue weighted by Gasteiger charge is 2.46. The minimum Gasteiger partial charge on any atom is -1.00 e. The van der Waals surface area contributed by atoms with Crippen molar-refractivity contribution < 1.29 is 31.3 Å². The third-order valence-electron chi connectivity index (χ3n) is 8.94. The number of benzene rings is 3. The van der Waals surface area contributed by atoms with E-state index in [0.29, 0.717) is 0 Å². The summed E-state index contributed by atoms with van der Waals surface area (Å²) in [5, 5.41) is 8.94. The van der Waals surface area contributed by atoms with E-state index < -0.39 is 25.0 Å². The van der Waals surface area contributed by atoms with Gasteiger partial charge in [0.05, 0.1) is 36.2 Å². The molecule has 0 heterocycles. The van der Waals surface area contributed by atoms with Gasteiger partial charge in [-0.3, -0.25) is 4.79 Å². The van der Waals surface area contributed by atoms with Crippen molar-refractivity contribution in [3.8, 4) is 0 Å². The molecule has 0 radical (unpaired) electrons. The van der Waals surface area contributed by atoms with Crippen LogP contribution in [0.5, 0.6) is 0 Å². The molecule has 2 amide bonds. The Bertz CT molecular complexity index is 1430. The first-order valence-electron chi connectivity index (χ1n) is 17.6. The fraction of sp³-hybridized carbons (Fsp3) is 0.524. The predicted octanol–water partition coefficient (Wildman–Crippen LogP) is 6.14. The molecule has 0 spiro atoms. The van der Waals surface area contributed by atoms with Gasteiger partial charge >= 0.3 is 6.09 Å². The molecule has 49 heavy (non-hydrogen) atoms. The lowest BCUT2D eigenvalue weighted by molar-refractivity contribution is -0.125. The zero-order chi connectivity index (χ0) is 36.1. The molecule has 0 aromatic heterocycles. The molecular formula is C42H62BrN2O3P. The summed E-state index contributed by atoms with van der Waals surface area (Å²) in [6.07, 6.45) is 1.07. The Morgan fingerprint density at radius 3 is 1.49 bits per heavy atom. The molecule has 0 fully saturated rings. The SMILES string of the molecule is CC(C)C(NC(=O)OC(C)(C)C)C(=O)N[C@H](C[P+](Cc1cc(C(C)(C)C)cc(C(C)(C)C)c1)(c1ccccc1)c1ccccc1)C(C)C.[Br-]. The third-order valence-corrected chi connectivity index (χ3v) is 13.4. The minimum atomic E-state index is -2.17. The van der Waals surface area contributed by atoms with Gasteiger partial charge in [-0.1, -0.05) is 124 Å². The molecule has 0 aliphatic rings. The maximum Gasteiger partial charge on any atom is 0.408 e. The quantitative estimate of drug-likeness (QED) is 0.231. The Kier molecular flexibility index (Phi) is 14.7. The van der Waals surface area contributed by atoms with Crippen LogP contribution in [0.3, 0.4) is 0 Å². The molecule has 270 valence electrons. The van der Waals surface area contributed by atoms with Crippen molar-refractivity contribution in [2.24, 2.45) is 11.8 Å². The molecule has 7 heteroatoms. The fourth-order valence-corrected chi connectivity index (χ4v) is 10.7. The van der Waals surface area contributed by atoms with Crippen LogP contribution in [-0.4, -0.2) is 35.8 Å². The molecule has 5 nitrogen and oxygen atoms in total. The maximum absolute atomic E-state index is 14.1. The molecule has 0 aliphatic carbocycles. The number of alkyl carbamates (subject to hydrolysis) is 1. The summed E-state index contributed by atoms with van der Waals surface area (Å²) < 4.78 is 5.53. The van der Waals surface area contributed by atoms with Crippen molar-refractivity contribution >= 4 is 29.9 Å². The van der Waals surface area contributed by atoms with Crippen LogP contribution in [0.2, 0.25) is 0 Å². The van der Waals surface area contributed by atoms with Crippen LogP contribution in [-0.2, 0) is 26.5 Å². The summed E-state index contributed by atoms with van der Waals surface area (Å²) in [5.74, 6) is -0.149. The van der Waals surface area contributed by atoms with E-state index in [0.717, 1.165) is 12.3 Å². The first-order chi connectivity index (χ1) is 22.1. The average molecular weight is 754 g/mol. The Hall–Kier alpha value is -2.69. The molecule has 0 bridgehead atoms. The number of carbonyl (C=O) groups is 2. The van der Waals surface area contributed by atoms with Crippen LogP contribution >= 0.6 is 7.26 Å². The van der Waals surface area contributed by atoms with E-state index in [1.165, 1.54) is 27.3 Å². The zero-order valence-corrected chi connectivity index (χ0v) is 34.8. The van der Waals surface area contributed by atoms with Crippen LogP contribution in [0.25, 0.3) is 0 Å². The van der Waals surface area contributed by atoms with Crippen molar-refractivity contribution in [2.75, 3.05) is 6.16 Å². The van der Waals surface area contributed by atoms with Gasteiger partial charge in [0, 0.05) is 0 Å².